The van der Waals surface area contributed by atoms with Crippen LogP contribution in [0.25, 0.3) is 11.4 Å². The van der Waals surface area contributed by atoms with E-state index in [-0.39, 0.29) is 27.9 Å². The van der Waals surface area contributed by atoms with Gasteiger partial charge in [0.05, 0.1) is 10.6 Å². The van der Waals surface area contributed by atoms with Gasteiger partial charge in [-0.25, -0.2) is 0 Å². The Balaban J connectivity index is 1.68. The Labute approximate surface area is 154 Å². The summed E-state index contributed by atoms with van der Waals surface area (Å²) in [4.78, 5) is 16.6. The topological polar surface area (TPSA) is 68.0 Å². The van der Waals surface area contributed by atoms with Gasteiger partial charge in [-0.1, -0.05) is 28.9 Å². The van der Waals surface area contributed by atoms with Crippen molar-refractivity contribution in [1.29, 1.82) is 0 Å². The molecule has 2 aromatic heterocycles. The van der Waals surface area contributed by atoms with Gasteiger partial charge in [-0.15, -0.1) is 11.3 Å². The molecule has 26 heavy (non-hydrogen) atoms. The lowest BCUT2D eigenvalue weighted by molar-refractivity contribution is -0.159. The van der Waals surface area contributed by atoms with Crippen LogP contribution >= 0.6 is 22.9 Å². The summed E-state index contributed by atoms with van der Waals surface area (Å²) in [6.45, 7) is 0.442. The van der Waals surface area contributed by atoms with E-state index >= 15 is 0 Å². The van der Waals surface area contributed by atoms with Gasteiger partial charge in [0.25, 0.3) is 5.91 Å². The van der Waals surface area contributed by atoms with Crippen molar-refractivity contribution < 1.29 is 22.5 Å². The molecule has 3 aromatic rings. The highest BCUT2D eigenvalue weighted by Gasteiger charge is 2.38. The molecule has 0 aliphatic carbocycles. The number of amides is 1. The second-order valence-corrected chi connectivity index (χ2v) is 6.64. The smallest absolute Gasteiger partial charge is 0.352 e. The van der Waals surface area contributed by atoms with E-state index in [4.69, 9.17) is 11.6 Å². The van der Waals surface area contributed by atoms with Crippen molar-refractivity contribution in [1.82, 2.24) is 15.5 Å². The molecule has 0 spiro atoms. The number of hydrogen-bond acceptors (Lipinski definition) is 5. The SMILES string of the molecule is O=C(NCCc1cccs1)c1ccc(-c2noc(C(F)(F)F)n2)cc1Cl. The molecule has 0 aliphatic heterocycles. The Hall–Kier alpha value is -2.39. The molecule has 5 nitrogen and oxygen atoms in total. The minimum Gasteiger partial charge on any atom is -0.352 e. The third kappa shape index (κ3) is 4.23. The zero-order valence-electron chi connectivity index (χ0n) is 13.0. The molecule has 0 saturated carbocycles. The quantitative estimate of drug-likeness (QED) is 0.686. The third-order valence-electron chi connectivity index (χ3n) is 3.38. The fourth-order valence-electron chi connectivity index (χ4n) is 2.14. The molecule has 0 fully saturated rings. The number of nitrogens with one attached hydrogen (secondary N) is 1. The minimum atomic E-state index is -4.72. The van der Waals surface area contributed by atoms with Gasteiger partial charge in [-0.05, 0) is 30.0 Å². The molecule has 0 aliphatic rings. The van der Waals surface area contributed by atoms with Crippen LogP contribution in [0.4, 0.5) is 13.2 Å². The molecule has 0 radical (unpaired) electrons. The molecule has 2 heterocycles. The summed E-state index contributed by atoms with van der Waals surface area (Å²) in [7, 11) is 0. The van der Waals surface area contributed by atoms with E-state index in [0.717, 1.165) is 4.88 Å². The van der Waals surface area contributed by atoms with E-state index in [1.807, 2.05) is 17.5 Å². The van der Waals surface area contributed by atoms with Crippen LogP contribution in [0.5, 0.6) is 0 Å². The number of thiophene rings is 1. The van der Waals surface area contributed by atoms with Gasteiger partial charge < -0.3 is 9.84 Å². The maximum Gasteiger partial charge on any atom is 0.471 e. The normalized spacial score (nSPS) is 11.5. The third-order valence-corrected chi connectivity index (χ3v) is 4.63. The maximum atomic E-state index is 12.5. The molecular formula is C16H11ClF3N3O2S. The van der Waals surface area contributed by atoms with Gasteiger partial charge in [0, 0.05) is 17.0 Å². The summed E-state index contributed by atoms with van der Waals surface area (Å²) in [6.07, 6.45) is -4.03. The summed E-state index contributed by atoms with van der Waals surface area (Å²) in [5.41, 5.74) is 0.422. The molecule has 0 bridgehead atoms. The van der Waals surface area contributed by atoms with Crippen LogP contribution in [0.15, 0.2) is 40.2 Å². The summed E-state index contributed by atoms with van der Waals surface area (Å²) >= 11 is 7.68. The molecule has 0 saturated heterocycles. The molecular weight excluding hydrogens is 391 g/mol. The van der Waals surface area contributed by atoms with Gasteiger partial charge in [0.1, 0.15) is 0 Å². The lowest BCUT2D eigenvalue weighted by Crippen LogP contribution is -2.25. The Kier molecular flexibility index (Phi) is 5.28. The van der Waals surface area contributed by atoms with Crippen molar-refractivity contribution >= 4 is 28.8 Å². The molecule has 1 N–H and O–H groups in total. The molecule has 10 heteroatoms. The van der Waals surface area contributed by atoms with Gasteiger partial charge in [-0.3, -0.25) is 4.79 Å². The Morgan fingerprint density at radius 1 is 1.31 bits per heavy atom. The van der Waals surface area contributed by atoms with E-state index < -0.39 is 12.1 Å². The Morgan fingerprint density at radius 3 is 2.73 bits per heavy atom. The van der Waals surface area contributed by atoms with E-state index in [1.54, 1.807) is 11.3 Å². The summed E-state index contributed by atoms with van der Waals surface area (Å²) in [5.74, 6) is -2.08. The van der Waals surface area contributed by atoms with Crippen molar-refractivity contribution in [2.45, 2.75) is 12.6 Å². The highest BCUT2D eigenvalue weighted by atomic mass is 35.5. The second-order valence-electron chi connectivity index (χ2n) is 5.20. The van der Waals surface area contributed by atoms with E-state index in [2.05, 4.69) is 20.0 Å². The number of carbonyl (C=O) groups is 1. The van der Waals surface area contributed by atoms with Crippen molar-refractivity contribution in [3.05, 3.63) is 57.1 Å². The fraction of sp³-hybridized carbons (Fsp3) is 0.188. The zero-order chi connectivity index (χ0) is 18.7. The summed E-state index contributed by atoms with van der Waals surface area (Å²) in [6, 6.07) is 8.03. The number of rotatable bonds is 5. The van der Waals surface area contributed by atoms with Crippen LogP contribution in [-0.4, -0.2) is 22.6 Å². The largest absolute Gasteiger partial charge is 0.471 e. The number of aromatic nitrogens is 2. The van der Waals surface area contributed by atoms with Crippen LogP contribution in [0.2, 0.25) is 5.02 Å². The average molecular weight is 402 g/mol. The monoisotopic (exact) mass is 401 g/mol. The highest BCUT2D eigenvalue weighted by Crippen LogP contribution is 2.30. The van der Waals surface area contributed by atoms with Crippen molar-refractivity contribution in [3.8, 4) is 11.4 Å². The lowest BCUT2D eigenvalue weighted by Gasteiger charge is -2.07. The molecule has 136 valence electrons. The first-order chi connectivity index (χ1) is 12.3. The Bertz CT molecular complexity index is 910. The predicted octanol–water partition coefficient (Wildman–Crippen LogP) is 4.44. The molecule has 0 unspecified atom stereocenters. The van der Waals surface area contributed by atoms with Crippen molar-refractivity contribution in [3.63, 3.8) is 0 Å². The van der Waals surface area contributed by atoms with Crippen molar-refractivity contribution in [2.24, 2.45) is 0 Å². The summed E-state index contributed by atoms with van der Waals surface area (Å²) < 4.78 is 41.7. The lowest BCUT2D eigenvalue weighted by atomic mass is 10.1. The van der Waals surface area contributed by atoms with Gasteiger partial charge in [-0.2, -0.15) is 18.2 Å². The van der Waals surface area contributed by atoms with Crippen molar-refractivity contribution in [2.75, 3.05) is 6.54 Å². The number of benzene rings is 1. The van der Waals surface area contributed by atoms with Crippen LogP contribution in [0.1, 0.15) is 21.1 Å². The second kappa shape index (κ2) is 7.46. The number of alkyl halides is 3. The first kappa shape index (κ1) is 18.4. The zero-order valence-corrected chi connectivity index (χ0v) is 14.6. The van der Waals surface area contributed by atoms with E-state index in [1.165, 1.54) is 18.2 Å². The first-order valence-corrected chi connectivity index (χ1v) is 8.62. The fourth-order valence-corrected chi connectivity index (χ4v) is 3.12. The highest BCUT2D eigenvalue weighted by molar-refractivity contribution is 7.09. The standard InChI is InChI=1S/C16H11ClF3N3O2S/c17-12-8-9(13-22-15(25-23-13)16(18,19)20)3-4-11(12)14(24)21-6-5-10-2-1-7-26-10/h1-4,7-8H,5-6H2,(H,21,24). The van der Waals surface area contributed by atoms with Crippen LogP contribution in [-0.2, 0) is 12.6 Å². The minimum absolute atomic E-state index is 0.0782. The molecule has 3 rings (SSSR count). The average Bonchev–Trinajstić information content (AvgIpc) is 3.26. The number of hydrogen-bond donors (Lipinski definition) is 1. The van der Waals surface area contributed by atoms with E-state index in [0.29, 0.717) is 13.0 Å². The van der Waals surface area contributed by atoms with Gasteiger partial charge in [0.2, 0.25) is 5.82 Å². The first-order valence-electron chi connectivity index (χ1n) is 7.36. The van der Waals surface area contributed by atoms with Crippen LogP contribution in [0.3, 0.4) is 0 Å². The summed E-state index contributed by atoms with van der Waals surface area (Å²) in [5, 5.41) is 8.06. The molecule has 1 amide bonds. The number of carbonyl (C=O) groups excluding carboxylic acids is 1. The number of halogens is 4. The maximum absolute atomic E-state index is 12.5. The van der Waals surface area contributed by atoms with Gasteiger partial charge >= 0.3 is 12.1 Å². The molecule has 1 aromatic carbocycles. The van der Waals surface area contributed by atoms with E-state index in [9.17, 15) is 18.0 Å². The Morgan fingerprint density at radius 2 is 2.12 bits per heavy atom. The number of nitrogens with zero attached hydrogens (tertiary/aromatic N) is 2. The van der Waals surface area contributed by atoms with Gasteiger partial charge in [0.15, 0.2) is 0 Å². The predicted molar refractivity (Wildman–Crippen MR) is 90.1 cm³/mol. The van der Waals surface area contributed by atoms with Crippen LogP contribution in [0, 0.1) is 0 Å². The van der Waals surface area contributed by atoms with Crippen LogP contribution < -0.4 is 5.32 Å². The molecule has 0 atom stereocenters.